The van der Waals surface area contributed by atoms with Crippen LogP contribution in [0.2, 0.25) is 0 Å². The summed E-state index contributed by atoms with van der Waals surface area (Å²) in [5.74, 6) is 0.436. The van der Waals surface area contributed by atoms with Crippen molar-refractivity contribution < 1.29 is 13.2 Å². The van der Waals surface area contributed by atoms with E-state index in [1.165, 1.54) is 0 Å². The van der Waals surface area contributed by atoms with Gasteiger partial charge in [-0.15, -0.1) is 0 Å². The molecule has 136 valence electrons. The van der Waals surface area contributed by atoms with Gasteiger partial charge in [0.15, 0.2) is 0 Å². The normalized spacial score (nSPS) is 16.9. The fourth-order valence-electron chi connectivity index (χ4n) is 3.24. The molecule has 0 aliphatic carbocycles. The monoisotopic (exact) mass is 355 g/mol. The molecule has 0 radical (unpaired) electrons. The predicted octanol–water partition coefficient (Wildman–Crippen LogP) is 2.20. The number of hydrogen-bond acceptors (Lipinski definition) is 3. The standard InChI is InChI=1S/C17H29N3O3S/c1-11(2)18-24(22,23)16-14(5)19(6)13(4)15(16)17(21)20-9-7-12(3)8-10-20/h11-12,18H,7-10H2,1-6H3. The number of aromatic nitrogens is 1. The van der Waals surface area contributed by atoms with Crippen molar-refractivity contribution in [3.05, 3.63) is 17.0 Å². The van der Waals surface area contributed by atoms with E-state index in [1.807, 2.05) is 0 Å². The van der Waals surface area contributed by atoms with Crippen LogP contribution >= 0.6 is 0 Å². The number of nitrogens with zero attached hydrogens (tertiary/aromatic N) is 2. The van der Waals surface area contributed by atoms with Crippen LogP contribution in [0.4, 0.5) is 0 Å². The first-order chi connectivity index (χ1) is 11.1. The van der Waals surface area contributed by atoms with E-state index in [0.29, 0.717) is 36.0 Å². The van der Waals surface area contributed by atoms with Crippen molar-refractivity contribution in [1.29, 1.82) is 0 Å². The van der Waals surface area contributed by atoms with Crippen LogP contribution < -0.4 is 4.72 Å². The molecule has 1 aromatic rings. The first-order valence-corrected chi connectivity index (χ1v) is 10.0. The molecule has 1 amide bonds. The third-order valence-electron chi connectivity index (χ3n) is 4.87. The van der Waals surface area contributed by atoms with E-state index in [1.54, 1.807) is 44.2 Å². The van der Waals surface area contributed by atoms with E-state index in [2.05, 4.69) is 11.6 Å². The minimum absolute atomic E-state index is 0.125. The number of carbonyl (C=O) groups is 1. The van der Waals surface area contributed by atoms with Gasteiger partial charge < -0.3 is 9.47 Å². The lowest BCUT2D eigenvalue weighted by atomic mass is 9.98. The lowest BCUT2D eigenvalue weighted by Gasteiger charge is -2.30. The van der Waals surface area contributed by atoms with Crippen molar-refractivity contribution in [1.82, 2.24) is 14.2 Å². The quantitative estimate of drug-likeness (QED) is 0.900. The molecular weight excluding hydrogens is 326 g/mol. The van der Waals surface area contributed by atoms with E-state index in [9.17, 15) is 13.2 Å². The molecule has 1 N–H and O–H groups in total. The number of rotatable bonds is 4. The fraction of sp³-hybridized carbons (Fsp3) is 0.706. The number of hydrogen-bond donors (Lipinski definition) is 1. The van der Waals surface area contributed by atoms with Crippen LogP contribution in [0.25, 0.3) is 0 Å². The Labute approximate surface area is 145 Å². The summed E-state index contributed by atoms with van der Waals surface area (Å²) in [6.07, 6.45) is 1.92. The maximum absolute atomic E-state index is 13.1. The Kier molecular flexibility index (Phi) is 5.44. The maximum atomic E-state index is 13.1. The molecule has 0 aromatic carbocycles. The Balaban J connectivity index is 2.50. The molecule has 7 heteroatoms. The van der Waals surface area contributed by atoms with Gasteiger partial charge >= 0.3 is 0 Å². The number of nitrogens with one attached hydrogen (secondary N) is 1. The van der Waals surface area contributed by atoms with Crippen molar-refractivity contribution in [2.75, 3.05) is 13.1 Å². The molecule has 1 saturated heterocycles. The molecule has 1 aliphatic heterocycles. The molecule has 0 saturated carbocycles. The molecule has 2 rings (SSSR count). The van der Waals surface area contributed by atoms with Crippen molar-refractivity contribution in [2.24, 2.45) is 13.0 Å². The molecule has 2 heterocycles. The first-order valence-electron chi connectivity index (χ1n) is 8.53. The summed E-state index contributed by atoms with van der Waals surface area (Å²) in [5.41, 5.74) is 1.60. The van der Waals surface area contributed by atoms with Gasteiger partial charge in [-0.25, -0.2) is 13.1 Å². The second kappa shape index (κ2) is 6.88. The van der Waals surface area contributed by atoms with Gasteiger partial charge in [-0.05, 0) is 46.5 Å². The lowest BCUT2D eigenvalue weighted by Crippen LogP contribution is -2.39. The SMILES string of the molecule is Cc1c(C(=O)N2CCC(C)CC2)c(S(=O)(=O)NC(C)C)c(C)n1C. The largest absolute Gasteiger partial charge is 0.350 e. The molecule has 0 unspecified atom stereocenters. The first kappa shape index (κ1) is 19.0. The third-order valence-corrected chi connectivity index (χ3v) is 6.69. The third kappa shape index (κ3) is 3.52. The zero-order valence-electron chi connectivity index (χ0n) is 15.5. The Hall–Kier alpha value is -1.34. The highest BCUT2D eigenvalue weighted by Gasteiger charge is 2.33. The van der Waals surface area contributed by atoms with Gasteiger partial charge in [0.05, 0.1) is 5.56 Å². The van der Waals surface area contributed by atoms with E-state index >= 15 is 0 Å². The topological polar surface area (TPSA) is 71.4 Å². The second-order valence-electron chi connectivity index (χ2n) is 7.18. The Bertz CT molecular complexity index is 727. The molecule has 1 fully saturated rings. The summed E-state index contributed by atoms with van der Waals surface area (Å²) in [6.45, 7) is 10.7. The summed E-state index contributed by atoms with van der Waals surface area (Å²) in [5, 5.41) is 0. The highest BCUT2D eigenvalue weighted by molar-refractivity contribution is 7.89. The summed E-state index contributed by atoms with van der Waals surface area (Å²) in [7, 11) is -1.94. The summed E-state index contributed by atoms with van der Waals surface area (Å²) in [6, 6.07) is -0.228. The number of sulfonamides is 1. The number of piperidine rings is 1. The van der Waals surface area contributed by atoms with Crippen LogP contribution in [0.5, 0.6) is 0 Å². The van der Waals surface area contributed by atoms with Gasteiger partial charge in [-0.1, -0.05) is 6.92 Å². The van der Waals surface area contributed by atoms with Crippen molar-refractivity contribution in [3.8, 4) is 0 Å². The van der Waals surface area contributed by atoms with Crippen LogP contribution in [0.3, 0.4) is 0 Å². The van der Waals surface area contributed by atoms with Gasteiger partial charge in [-0.3, -0.25) is 4.79 Å². The molecular formula is C17H29N3O3S. The smallest absolute Gasteiger partial charge is 0.257 e. The van der Waals surface area contributed by atoms with Gasteiger partial charge in [0.2, 0.25) is 10.0 Å². The summed E-state index contributed by atoms with van der Waals surface area (Å²) in [4.78, 5) is 15.0. The van der Waals surface area contributed by atoms with Gasteiger partial charge in [0, 0.05) is 37.6 Å². The fourth-order valence-corrected chi connectivity index (χ4v) is 5.00. The number of amides is 1. The highest BCUT2D eigenvalue weighted by atomic mass is 32.2. The van der Waals surface area contributed by atoms with E-state index in [4.69, 9.17) is 0 Å². The maximum Gasteiger partial charge on any atom is 0.257 e. The molecule has 0 bridgehead atoms. The lowest BCUT2D eigenvalue weighted by molar-refractivity contribution is 0.0692. The van der Waals surface area contributed by atoms with E-state index in [-0.39, 0.29) is 16.8 Å². The van der Waals surface area contributed by atoms with Gasteiger partial charge in [0.25, 0.3) is 5.91 Å². The molecule has 6 nitrogen and oxygen atoms in total. The Morgan fingerprint density at radius 2 is 1.71 bits per heavy atom. The average molecular weight is 356 g/mol. The zero-order valence-corrected chi connectivity index (χ0v) is 16.3. The zero-order chi connectivity index (χ0) is 18.2. The predicted molar refractivity (Wildman–Crippen MR) is 94.6 cm³/mol. The second-order valence-corrected chi connectivity index (χ2v) is 8.84. The van der Waals surface area contributed by atoms with Crippen LogP contribution in [-0.2, 0) is 17.1 Å². The van der Waals surface area contributed by atoms with Crippen molar-refractivity contribution in [3.63, 3.8) is 0 Å². The van der Waals surface area contributed by atoms with E-state index < -0.39 is 10.0 Å². The van der Waals surface area contributed by atoms with Gasteiger partial charge in [0.1, 0.15) is 4.90 Å². The van der Waals surface area contributed by atoms with Crippen molar-refractivity contribution >= 4 is 15.9 Å². The Morgan fingerprint density at radius 1 is 1.17 bits per heavy atom. The van der Waals surface area contributed by atoms with Crippen LogP contribution in [0.1, 0.15) is 55.4 Å². The van der Waals surface area contributed by atoms with Crippen LogP contribution in [0.15, 0.2) is 4.90 Å². The van der Waals surface area contributed by atoms with Crippen LogP contribution in [0, 0.1) is 19.8 Å². The minimum Gasteiger partial charge on any atom is -0.350 e. The summed E-state index contributed by atoms with van der Waals surface area (Å²) >= 11 is 0. The van der Waals surface area contributed by atoms with Crippen LogP contribution in [-0.4, -0.2) is 42.9 Å². The van der Waals surface area contributed by atoms with Gasteiger partial charge in [-0.2, -0.15) is 0 Å². The molecule has 1 aromatic heterocycles. The average Bonchev–Trinajstić information content (AvgIpc) is 2.71. The highest BCUT2D eigenvalue weighted by Crippen LogP contribution is 2.29. The molecule has 0 atom stereocenters. The summed E-state index contributed by atoms with van der Waals surface area (Å²) < 4.78 is 30.0. The van der Waals surface area contributed by atoms with E-state index in [0.717, 1.165) is 12.8 Å². The minimum atomic E-state index is -3.74. The molecule has 24 heavy (non-hydrogen) atoms. The number of carbonyl (C=O) groups excluding carboxylic acids is 1. The Morgan fingerprint density at radius 3 is 2.21 bits per heavy atom. The van der Waals surface area contributed by atoms with Crippen molar-refractivity contribution in [2.45, 2.75) is 58.4 Å². The molecule has 0 spiro atoms. The number of likely N-dealkylation sites (tertiary alicyclic amines) is 1. The molecule has 1 aliphatic rings.